The number of hydrogen-bond donors (Lipinski definition) is 15. The van der Waals surface area contributed by atoms with E-state index < -0.39 is 179 Å². The normalized spacial score (nSPS) is 30.0. The molecule has 3 aliphatic heterocycles. The zero-order chi connectivity index (χ0) is 69.3. The summed E-state index contributed by atoms with van der Waals surface area (Å²) in [7, 11) is 0. The monoisotopic (exact) mass is 1320 g/mol. The number of aliphatic hydroxyl groups is 13. The third-order valence-electron chi connectivity index (χ3n) is 15.2. The molecule has 0 spiro atoms. The van der Waals surface area contributed by atoms with Gasteiger partial charge in [-0.2, -0.15) is 0 Å². The number of unbranched alkanes of at least 4 members (excludes halogenated alkanes) is 11. The minimum atomic E-state index is -2.12. The van der Waals surface area contributed by atoms with Crippen molar-refractivity contribution in [1.29, 1.82) is 0 Å². The Morgan fingerprint density at radius 3 is 1.35 bits per heavy atom. The van der Waals surface area contributed by atoms with Crippen LogP contribution in [-0.4, -0.2) is 240 Å². The standard InChI is InChI=1S/C71H84N2O22/c1-4-6-8-10-12-14-16-18-19-20-21-22-23-24-25-26-27-29-31-33-35-37-39-41-56(80)73-50(51(79)40-38-36-34-32-30-28-17-15-13-11-9-7-5-2)47-89-52-42-49(43-74)66(63(86)58(52)81)93-70-65(88)68(61(84)55(46-77)91-70)95-71-64(87)67(60(83)54(45-76)92-71)94-69-57(72-48(3)78)62(85)59(82)53(44-75)90-69/h38,40,49-55,57-71,74-77,79,81-88H,5,7,9,11,13,15,17,28,30,32,34,36,42-47H2,1-3H3,(H,72,78)(H,73,80)/b40-38+/t49?,50-,51+,52?,53?,54?,55?,57?,58?,59?,60?,61?,62?,63?,64?,65?,66?,67?,68?,69?,70?,71?/m0/s1. The van der Waals surface area contributed by atoms with Crippen LogP contribution in [0.3, 0.4) is 0 Å². The van der Waals surface area contributed by atoms with Gasteiger partial charge < -0.3 is 110 Å². The number of hydrogen-bond acceptors (Lipinski definition) is 22. The fourth-order valence-electron chi connectivity index (χ4n) is 10.2. The highest BCUT2D eigenvalue weighted by atomic mass is 16.8. The predicted molar refractivity (Wildman–Crippen MR) is 340 cm³/mol. The Bertz CT molecular complexity index is 3290. The Morgan fingerprint density at radius 1 is 0.495 bits per heavy atom. The van der Waals surface area contributed by atoms with Crippen molar-refractivity contribution in [2.24, 2.45) is 5.92 Å². The Balaban J connectivity index is 1.43. The van der Waals surface area contributed by atoms with Crippen molar-refractivity contribution in [2.75, 3.05) is 33.0 Å². The molecule has 24 heteroatoms. The van der Waals surface area contributed by atoms with E-state index in [4.69, 9.17) is 33.2 Å². The van der Waals surface area contributed by atoms with Crippen molar-refractivity contribution in [1.82, 2.24) is 10.6 Å². The van der Waals surface area contributed by atoms with Crippen molar-refractivity contribution >= 4 is 11.8 Å². The third-order valence-corrected chi connectivity index (χ3v) is 15.2. The van der Waals surface area contributed by atoms with Gasteiger partial charge in [-0.1, -0.05) is 89.2 Å². The molecule has 0 aromatic rings. The summed E-state index contributed by atoms with van der Waals surface area (Å²) in [6.45, 7) is 1.01. The second-order valence-electron chi connectivity index (χ2n) is 22.1. The number of amides is 2. The maximum absolute atomic E-state index is 13.2. The lowest BCUT2D eigenvalue weighted by molar-refractivity contribution is -0.381. The summed E-state index contributed by atoms with van der Waals surface area (Å²) in [6, 6.07) is -2.74. The Labute approximate surface area is 555 Å². The largest absolute Gasteiger partial charge is 0.396 e. The summed E-state index contributed by atoms with van der Waals surface area (Å²) in [4.78, 5) is 25.2. The molecule has 4 aliphatic rings. The lowest BCUT2D eigenvalue weighted by Gasteiger charge is -2.49. The lowest BCUT2D eigenvalue weighted by Crippen LogP contribution is -2.68. The van der Waals surface area contributed by atoms with Gasteiger partial charge in [-0.3, -0.25) is 9.59 Å². The molecule has 0 aromatic carbocycles. The van der Waals surface area contributed by atoms with Gasteiger partial charge in [0.1, 0.15) is 85.4 Å². The summed E-state index contributed by atoms with van der Waals surface area (Å²) < 4.78 is 40.7. The Kier molecular flexibility index (Phi) is 38.7. The summed E-state index contributed by atoms with van der Waals surface area (Å²) >= 11 is 0. The van der Waals surface area contributed by atoms with Gasteiger partial charge >= 0.3 is 0 Å². The molecule has 1 saturated carbocycles. The van der Waals surface area contributed by atoms with Crippen LogP contribution in [0.4, 0.5) is 0 Å². The van der Waals surface area contributed by atoms with E-state index in [2.05, 4.69) is 160 Å². The van der Waals surface area contributed by atoms with Crippen LogP contribution in [-0.2, 0) is 42.7 Å². The van der Waals surface area contributed by atoms with E-state index in [1.54, 1.807) is 13.0 Å². The van der Waals surface area contributed by atoms with Gasteiger partial charge in [-0.05, 0) is 121 Å². The molecule has 3 saturated heterocycles. The molecule has 1 aliphatic carbocycles. The number of carbonyl (C=O) groups excluding carboxylic acids is 2. The van der Waals surface area contributed by atoms with Gasteiger partial charge in [0.25, 0.3) is 5.91 Å². The number of aliphatic hydroxyl groups excluding tert-OH is 13. The molecule has 4 fully saturated rings. The minimum absolute atomic E-state index is 0.244. The van der Waals surface area contributed by atoms with Gasteiger partial charge in [-0.15, -0.1) is 0 Å². The highest BCUT2D eigenvalue weighted by molar-refractivity contribution is 5.94. The molecule has 2 amide bonds. The predicted octanol–water partition coefficient (Wildman–Crippen LogP) is -3.75. The first kappa shape index (κ1) is 80.0. The maximum Gasteiger partial charge on any atom is 0.297 e. The number of ether oxygens (including phenoxy) is 7. The van der Waals surface area contributed by atoms with E-state index in [0.29, 0.717) is 6.42 Å². The topological polar surface area (TPSA) is 386 Å². The number of rotatable bonds is 29. The van der Waals surface area contributed by atoms with Gasteiger partial charge in [0.2, 0.25) is 5.91 Å². The van der Waals surface area contributed by atoms with E-state index in [1.807, 2.05) is 0 Å². The summed E-state index contributed by atoms with van der Waals surface area (Å²) in [5.74, 6) is 56.7. The SMILES string of the molecule is CC#CC#CC#CC#CC#CC#CC#CC#CC#CC#CC#CC#CC(=O)N[C@@H](COC1CC(CO)C(OC2OC(CO)C(O)C(OC3OC(CO)C(O)C(OC4OC(CO)C(O)C(O)C4NC(C)=O)C3O)C2O)C(O)C1O)[C@H](O)/C=C/CCCCCCCCCCCCC. The van der Waals surface area contributed by atoms with Crippen LogP contribution < -0.4 is 10.6 Å². The fourth-order valence-corrected chi connectivity index (χ4v) is 10.2. The zero-order valence-corrected chi connectivity index (χ0v) is 53.1. The van der Waals surface area contributed by atoms with Crippen LogP contribution in [0.2, 0.25) is 0 Å². The molecule has 22 atom stereocenters. The van der Waals surface area contributed by atoms with E-state index in [9.17, 15) is 76.0 Å². The molecular formula is C71H84N2O22. The van der Waals surface area contributed by atoms with Gasteiger partial charge in [-0.25, -0.2) is 0 Å². The second kappa shape index (κ2) is 45.9. The highest BCUT2D eigenvalue weighted by Crippen LogP contribution is 2.36. The Morgan fingerprint density at radius 2 is 0.905 bits per heavy atom. The summed E-state index contributed by atoms with van der Waals surface area (Å²) in [5.41, 5.74) is 0. The number of nitrogens with one attached hydrogen (secondary N) is 2. The second-order valence-corrected chi connectivity index (χ2v) is 22.1. The third kappa shape index (κ3) is 27.7. The summed E-state index contributed by atoms with van der Waals surface area (Å²) in [5, 5.41) is 148. The first-order valence-corrected chi connectivity index (χ1v) is 31.2. The number of allylic oxidation sites excluding steroid dienone is 1. The summed E-state index contributed by atoms with van der Waals surface area (Å²) in [6.07, 6.45) is -17.5. The molecular weight excluding hydrogens is 1230 g/mol. The zero-order valence-electron chi connectivity index (χ0n) is 53.1. The smallest absolute Gasteiger partial charge is 0.297 e. The van der Waals surface area contributed by atoms with Gasteiger partial charge in [0.15, 0.2) is 18.9 Å². The van der Waals surface area contributed by atoms with Crippen LogP contribution in [0.5, 0.6) is 0 Å². The molecule has 0 aromatic heterocycles. The van der Waals surface area contributed by atoms with E-state index in [0.717, 1.165) is 32.6 Å². The first-order valence-electron chi connectivity index (χ1n) is 31.2. The molecule has 510 valence electrons. The first-order chi connectivity index (χ1) is 46.0. The Hall–Kier alpha value is -7.40. The molecule has 95 heavy (non-hydrogen) atoms. The van der Waals surface area contributed by atoms with Crippen molar-refractivity contribution in [3.05, 3.63) is 12.2 Å². The molecule has 3 heterocycles. The fraction of sp³-hybridized carbons (Fsp3) is 0.606. The van der Waals surface area contributed by atoms with Crippen molar-refractivity contribution in [2.45, 2.75) is 233 Å². The van der Waals surface area contributed by atoms with E-state index in [-0.39, 0.29) is 6.42 Å². The average molecular weight is 1320 g/mol. The van der Waals surface area contributed by atoms with Crippen LogP contribution in [0, 0.1) is 148 Å². The van der Waals surface area contributed by atoms with Crippen LogP contribution in [0.25, 0.3) is 0 Å². The van der Waals surface area contributed by atoms with Gasteiger partial charge in [0, 0.05) is 60.9 Å². The van der Waals surface area contributed by atoms with Crippen LogP contribution in [0.15, 0.2) is 12.2 Å². The van der Waals surface area contributed by atoms with Crippen molar-refractivity contribution in [3.8, 4) is 142 Å². The van der Waals surface area contributed by atoms with Crippen LogP contribution in [0.1, 0.15) is 104 Å². The minimum Gasteiger partial charge on any atom is -0.396 e. The van der Waals surface area contributed by atoms with Crippen molar-refractivity contribution < 1.29 is 109 Å². The molecule has 15 N–H and O–H groups in total. The highest BCUT2D eigenvalue weighted by Gasteiger charge is 2.55. The average Bonchev–Trinajstić information content (AvgIpc) is 0.794. The van der Waals surface area contributed by atoms with Crippen molar-refractivity contribution in [3.63, 3.8) is 0 Å². The number of carbonyl (C=O) groups is 2. The van der Waals surface area contributed by atoms with E-state index in [1.165, 1.54) is 51.0 Å². The molecule has 0 radical (unpaired) electrons. The maximum atomic E-state index is 13.2. The van der Waals surface area contributed by atoms with Crippen LogP contribution >= 0.6 is 0 Å². The molecule has 0 bridgehead atoms. The molecule has 24 nitrogen and oxygen atoms in total. The molecule has 20 unspecified atom stereocenters. The van der Waals surface area contributed by atoms with Gasteiger partial charge in [0.05, 0.1) is 50.8 Å². The molecule has 4 rings (SSSR count). The van der Waals surface area contributed by atoms with E-state index >= 15 is 0 Å². The quantitative estimate of drug-likeness (QED) is 0.0194. The lowest BCUT2D eigenvalue weighted by atomic mass is 9.80.